The van der Waals surface area contributed by atoms with Crippen LogP contribution in [0.25, 0.3) is 11.4 Å². The molecule has 6 heteroatoms. The van der Waals surface area contributed by atoms with Gasteiger partial charge in [0.15, 0.2) is 5.82 Å². The highest BCUT2D eigenvalue weighted by Gasteiger charge is 2.16. The van der Waals surface area contributed by atoms with E-state index in [-0.39, 0.29) is 0 Å². The van der Waals surface area contributed by atoms with Crippen LogP contribution in [0.2, 0.25) is 5.02 Å². The van der Waals surface area contributed by atoms with Gasteiger partial charge in [-0.3, -0.25) is 0 Å². The average molecular weight is 381 g/mol. The number of methoxy groups -OCH3 is 1. The number of halogens is 1. The molecule has 1 aromatic heterocycles. The van der Waals surface area contributed by atoms with Crippen LogP contribution in [-0.2, 0) is 0 Å². The summed E-state index contributed by atoms with van der Waals surface area (Å²) in [5.41, 5.74) is 1.85. The van der Waals surface area contributed by atoms with Gasteiger partial charge >= 0.3 is 0 Å². The lowest BCUT2D eigenvalue weighted by atomic mass is 10.2. The van der Waals surface area contributed by atoms with Crippen molar-refractivity contribution >= 4 is 28.9 Å². The summed E-state index contributed by atoms with van der Waals surface area (Å²) < 4.78 is 5.22. The third-order valence-electron chi connectivity index (χ3n) is 4.60. The van der Waals surface area contributed by atoms with Crippen LogP contribution in [0, 0.1) is 0 Å². The Morgan fingerprint density at radius 3 is 2.48 bits per heavy atom. The number of nitrogens with zero attached hydrogens (tertiary/aromatic N) is 3. The molecule has 4 rings (SSSR count). The highest BCUT2D eigenvalue weighted by molar-refractivity contribution is 6.32. The Morgan fingerprint density at radius 1 is 1.00 bits per heavy atom. The monoisotopic (exact) mass is 380 g/mol. The summed E-state index contributed by atoms with van der Waals surface area (Å²) in [6.07, 6.45) is 2.39. The van der Waals surface area contributed by atoms with Gasteiger partial charge in [0.2, 0.25) is 0 Å². The summed E-state index contributed by atoms with van der Waals surface area (Å²) in [7, 11) is 1.60. The van der Waals surface area contributed by atoms with Crippen molar-refractivity contribution in [2.75, 3.05) is 30.4 Å². The molecular weight excluding hydrogens is 360 g/mol. The Hall–Kier alpha value is -2.79. The highest BCUT2D eigenvalue weighted by Crippen LogP contribution is 2.30. The quantitative estimate of drug-likeness (QED) is 0.663. The minimum Gasteiger partial charge on any atom is -0.495 e. The molecule has 138 valence electrons. The van der Waals surface area contributed by atoms with E-state index in [1.54, 1.807) is 7.11 Å². The van der Waals surface area contributed by atoms with Crippen LogP contribution in [0.15, 0.2) is 54.6 Å². The Kier molecular flexibility index (Phi) is 5.12. The molecule has 1 saturated heterocycles. The molecule has 1 fully saturated rings. The molecule has 0 aliphatic carbocycles. The van der Waals surface area contributed by atoms with Crippen LogP contribution in [0.3, 0.4) is 0 Å². The average Bonchev–Trinajstić information content (AvgIpc) is 3.24. The first kappa shape index (κ1) is 17.6. The van der Waals surface area contributed by atoms with Gasteiger partial charge in [-0.1, -0.05) is 41.9 Å². The van der Waals surface area contributed by atoms with Crippen molar-refractivity contribution in [3.8, 4) is 17.1 Å². The van der Waals surface area contributed by atoms with Gasteiger partial charge in [-0.15, -0.1) is 0 Å². The fourth-order valence-corrected chi connectivity index (χ4v) is 3.47. The Labute approximate surface area is 164 Å². The lowest BCUT2D eigenvalue weighted by Gasteiger charge is -2.18. The molecule has 1 aliphatic rings. The van der Waals surface area contributed by atoms with E-state index in [0.29, 0.717) is 16.6 Å². The summed E-state index contributed by atoms with van der Waals surface area (Å²) in [5.74, 6) is 3.05. The van der Waals surface area contributed by atoms with Crippen molar-refractivity contribution in [1.82, 2.24) is 9.97 Å². The number of anilines is 3. The first-order chi connectivity index (χ1) is 13.2. The SMILES string of the molecule is COc1ccc(Nc2cc(N3CCCC3)nc(-c3ccccc3)n2)cc1Cl. The van der Waals surface area contributed by atoms with Crippen molar-refractivity contribution in [3.63, 3.8) is 0 Å². The van der Waals surface area contributed by atoms with Crippen LogP contribution in [-0.4, -0.2) is 30.2 Å². The fraction of sp³-hybridized carbons (Fsp3) is 0.238. The molecular formula is C21H21ClN4O. The molecule has 1 N–H and O–H groups in total. The summed E-state index contributed by atoms with van der Waals surface area (Å²) in [4.78, 5) is 11.8. The van der Waals surface area contributed by atoms with Crippen LogP contribution >= 0.6 is 11.6 Å². The van der Waals surface area contributed by atoms with E-state index in [9.17, 15) is 0 Å². The molecule has 0 atom stereocenters. The van der Waals surface area contributed by atoms with Gasteiger partial charge in [-0.2, -0.15) is 0 Å². The van der Waals surface area contributed by atoms with E-state index in [4.69, 9.17) is 26.3 Å². The van der Waals surface area contributed by atoms with Gasteiger partial charge < -0.3 is 15.0 Å². The number of nitrogens with one attached hydrogen (secondary N) is 1. The van der Waals surface area contributed by atoms with Gasteiger partial charge in [-0.05, 0) is 31.0 Å². The van der Waals surface area contributed by atoms with Crippen molar-refractivity contribution in [2.24, 2.45) is 0 Å². The number of ether oxygens (including phenoxy) is 1. The molecule has 0 saturated carbocycles. The summed E-state index contributed by atoms with van der Waals surface area (Å²) in [6.45, 7) is 2.05. The normalized spacial score (nSPS) is 13.6. The third kappa shape index (κ3) is 3.98. The molecule has 0 amide bonds. The lowest BCUT2D eigenvalue weighted by Crippen LogP contribution is -2.19. The molecule has 0 radical (unpaired) electrons. The molecule has 5 nitrogen and oxygen atoms in total. The van der Waals surface area contributed by atoms with E-state index in [1.165, 1.54) is 12.8 Å². The molecule has 27 heavy (non-hydrogen) atoms. The van der Waals surface area contributed by atoms with Gasteiger partial charge in [0, 0.05) is 30.4 Å². The predicted octanol–water partition coefficient (Wildman–Crippen LogP) is 5.15. The zero-order chi connectivity index (χ0) is 18.6. The smallest absolute Gasteiger partial charge is 0.163 e. The molecule has 0 spiro atoms. The summed E-state index contributed by atoms with van der Waals surface area (Å²) >= 11 is 6.25. The topological polar surface area (TPSA) is 50.3 Å². The largest absolute Gasteiger partial charge is 0.495 e. The maximum atomic E-state index is 6.25. The molecule has 1 aliphatic heterocycles. The van der Waals surface area contributed by atoms with Crippen LogP contribution < -0.4 is 15.0 Å². The second-order valence-electron chi connectivity index (χ2n) is 6.47. The van der Waals surface area contributed by atoms with Crippen molar-refractivity contribution < 1.29 is 4.74 Å². The third-order valence-corrected chi connectivity index (χ3v) is 4.89. The molecule has 0 unspecified atom stereocenters. The summed E-state index contributed by atoms with van der Waals surface area (Å²) in [5, 5.41) is 3.91. The summed E-state index contributed by atoms with van der Waals surface area (Å²) in [6, 6.07) is 17.6. The molecule has 3 aromatic rings. The zero-order valence-electron chi connectivity index (χ0n) is 15.2. The second kappa shape index (κ2) is 7.84. The minimum atomic E-state index is 0.555. The minimum absolute atomic E-state index is 0.555. The number of hydrogen-bond acceptors (Lipinski definition) is 5. The lowest BCUT2D eigenvalue weighted by molar-refractivity contribution is 0.415. The van der Waals surface area contributed by atoms with Crippen molar-refractivity contribution in [3.05, 3.63) is 59.6 Å². The van der Waals surface area contributed by atoms with E-state index >= 15 is 0 Å². The number of rotatable bonds is 5. The van der Waals surface area contributed by atoms with Gasteiger partial charge in [0.1, 0.15) is 17.4 Å². The van der Waals surface area contributed by atoms with E-state index in [1.807, 2.05) is 54.6 Å². The predicted molar refractivity (Wildman–Crippen MR) is 110 cm³/mol. The number of benzene rings is 2. The maximum absolute atomic E-state index is 6.25. The molecule has 2 heterocycles. The molecule has 0 bridgehead atoms. The highest BCUT2D eigenvalue weighted by atomic mass is 35.5. The fourth-order valence-electron chi connectivity index (χ4n) is 3.22. The van der Waals surface area contributed by atoms with Gasteiger partial charge in [0.25, 0.3) is 0 Å². The van der Waals surface area contributed by atoms with E-state index in [2.05, 4.69) is 10.2 Å². The maximum Gasteiger partial charge on any atom is 0.163 e. The van der Waals surface area contributed by atoms with Crippen LogP contribution in [0.1, 0.15) is 12.8 Å². The van der Waals surface area contributed by atoms with Gasteiger partial charge in [0.05, 0.1) is 12.1 Å². The van der Waals surface area contributed by atoms with Crippen LogP contribution in [0.4, 0.5) is 17.3 Å². The zero-order valence-corrected chi connectivity index (χ0v) is 15.9. The van der Waals surface area contributed by atoms with Gasteiger partial charge in [-0.25, -0.2) is 9.97 Å². The van der Waals surface area contributed by atoms with Crippen molar-refractivity contribution in [1.29, 1.82) is 0 Å². The van der Waals surface area contributed by atoms with E-state index in [0.717, 1.165) is 36.0 Å². The molecule has 2 aromatic carbocycles. The van der Waals surface area contributed by atoms with Crippen molar-refractivity contribution in [2.45, 2.75) is 12.8 Å². The second-order valence-corrected chi connectivity index (χ2v) is 6.88. The Bertz CT molecular complexity index is 927. The van der Waals surface area contributed by atoms with Crippen LogP contribution in [0.5, 0.6) is 5.75 Å². The first-order valence-corrected chi connectivity index (χ1v) is 9.41. The Morgan fingerprint density at radius 2 is 1.78 bits per heavy atom. The van der Waals surface area contributed by atoms with E-state index < -0.39 is 0 Å². The number of aromatic nitrogens is 2. The Balaban J connectivity index is 1.70. The number of hydrogen-bond donors (Lipinski definition) is 1. The first-order valence-electron chi connectivity index (χ1n) is 9.03. The standard InChI is InChI=1S/C21H21ClN4O/c1-27-18-10-9-16(13-17(18)22)23-19-14-20(26-11-5-6-12-26)25-21(24-19)15-7-3-2-4-8-15/h2-4,7-10,13-14H,5-6,11-12H2,1H3,(H,23,24,25).